The van der Waals surface area contributed by atoms with Crippen LogP contribution in [0.3, 0.4) is 0 Å². The van der Waals surface area contributed by atoms with Gasteiger partial charge in [0, 0.05) is 19.1 Å². The third-order valence-corrected chi connectivity index (χ3v) is 5.29. The number of H-pyrrole nitrogens is 1. The zero-order chi connectivity index (χ0) is 16.7. The van der Waals surface area contributed by atoms with Gasteiger partial charge < -0.3 is 14.3 Å². The lowest BCUT2D eigenvalue weighted by atomic mass is 10.0. The molecule has 1 aliphatic heterocycles. The molecular formula is C16H15N3O4S. The fourth-order valence-corrected chi connectivity index (χ4v) is 3.95. The van der Waals surface area contributed by atoms with Gasteiger partial charge in [0.25, 0.3) is 11.5 Å². The van der Waals surface area contributed by atoms with Crippen molar-refractivity contribution in [1.82, 2.24) is 14.5 Å². The van der Waals surface area contributed by atoms with Gasteiger partial charge in [-0.3, -0.25) is 14.2 Å². The number of hydrogen-bond donors (Lipinski definition) is 1. The lowest BCUT2D eigenvalue weighted by Gasteiger charge is -2.31. The Morgan fingerprint density at radius 1 is 1.25 bits per heavy atom. The second-order valence-electron chi connectivity index (χ2n) is 5.77. The second-order valence-corrected chi connectivity index (χ2v) is 6.69. The van der Waals surface area contributed by atoms with Gasteiger partial charge in [0.1, 0.15) is 4.70 Å². The van der Waals surface area contributed by atoms with Gasteiger partial charge >= 0.3 is 5.69 Å². The third-order valence-electron chi connectivity index (χ3n) is 4.39. The Balaban J connectivity index is 1.57. The predicted molar refractivity (Wildman–Crippen MR) is 89.6 cm³/mol. The highest BCUT2D eigenvalue weighted by molar-refractivity contribution is 7.17. The van der Waals surface area contributed by atoms with Crippen LogP contribution in [0, 0.1) is 0 Å². The van der Waals surface area contributed by atoms with Gasteiger partial charge in [-0.25, -0.2) is 4.79 Å². The maximum absolute atomic E-state index is 12.6. The molecule has 1 N–H and O–H groups in total. The molecule has 0 radical (unpaired) electrons. The Kier molecular flexibility index (Phi) is 3.61. The van der Waals surface area contributed by atoms with E-state index in [-0.39, 0.29) is 23.2 Å². The standard InChI is InChI=1S/C16H15N3O4S/c20-14(12-2-1-8-23-12)18-6-3-10(4-7-18)19-15(21)13-11(5-9-24-13)17-16(19)22/h1-2,5,8-10H,3-4,6-7H2,(H,17,22). The van der Waals surface area contributed by atoms with Crippen LogP contribution in [0.4, 0.5) is 0 Å². The van der Waals surface area contributed by atoms with Crippen LogP contribution in [0.15, 0.2) is 43.8 Å². The van der Waals surface area contributed by atoms with Crippen LogP contribution < -0.4 is 11.2 Å². The van der Waals surface area contributed by atoms with E-state index in [2.05, 4.69) is 4.98 Å². The summed E-state index contributed by atoms with van der Waals surface area (Å²) in [6, 6.07) is 4.84. The number of fused-ring (bicyclic) bond motifs is 1. The summed E-state index contributed by atoms with van der Waals surface area (Å²) in [7, 11) is 0. The molecule has 0 unspecified atom stereocenters. The summed E-state index contributed by atoms with van der Waals surface area (Å²) in [5.41, 5.74) is -0.0574. The molecule has 4 rings (SSSR count). The van der Waals surface area contributed by atoms with E-state index < -0.39 is 0 Å². The Morgan fingerprint density at radius 2 is 2.04 bits per heavy atom. The quantitative estimate of drug-likeness (QED) is 0.767. The normalized spacial score (nSPS) is 15.9. The largest absolute Gasteiger partial charge is 0.459 e. The molecule has 1 fully saturated rings. The number of carbonyl (C=O) groups excluding carboxylic acids is 1. The maximum atomic E-state index is 12.6. The number of hydrogen-bond acceptors (Lipinski definition) is 5. The van der Waals surface area contributed by atoms with Crippen molar-refractivity contribution < 1.29 is 9.21 Å². The predicted octanol–water partition coefficient (Wildman–Crippen LogP) is 1.82. The molecule has 1 saturated heterocycles. The minimum absolute atomic E-state index is 0.159. The molecule has 24 heavy (non-hydrogen) atoms. The first-order valence-corrected chi connectivity index (χ1v) is 8.58. The average molecular weight is 345 g/mol. The van der Waals surface area contributed by atoms with Gasteiger partial charge in [0.2, 0.25) is 0 Å². The van der Waals surface area contributed by atoms with Gasteiger partial charge in [-0.05, 0) is 36.4 Å². The van der Waals surface area contributed by atoms with Crippen molar-refractivity contribution in [1.29, 1.82) is 0 Å². The first-order valence-electron chi connectivity index (χ1n) is 7.70. The topological polar surface area (TPSA) is 88.3 Å². The number of aromatic nitrogens is 2. The molecule has 4 heterocycles. The summed E-state index contributed by atoms with van der Waals surface area (Å²) < 4.78 is 7.00. The molecule has 0 aromatic carbocycles. The van der Waals surface area contributed by atoms with Gasteiger partial charge in [0.15, 0.2) is 5.76 Å². The molecule has 124 valence electrons. The smallest absolute Gasteiger partial charge is 0.329 e. The van der Waals surface area contributed by atoms with Crippen molar-refractivity contribution in [2.24, 2.45) is 0 Å². The van der Waals surface area contributed by atoms with E-state index in [1.165, 1.54) is 22.2 Å². The zero-order valence-corrected chi connectivity index (χ0v) is 13.5. The number of amides is 1. The van der Waals surface area contributed by atoms with Gasteiger partial charge in [-0.1, -0.05) is 0 Å². The van der Waals surface area contributed by atoms with Crippen LogP contribution in [0.5, 0.6) is 0 Å². The molecule has 3 aromatic rings. The fraction of sp³-hybridized carbons (Fsp3) is 0.312. The van der Waals surface area contributed by atoms with Crippen molar-refractivity contribution in [2.45, 2.75) is 18.9 Å². The Morgan fingerprint density at radius 3 is 2.75 bits per heavy atom. The molecule has 0 aliphatic carbocycles. The third kappa shape index (κ3) is 2.39. The van der Waals surface area contributed by atoms with Crippen molar-refractivity contribution in [3.8, 4) is 0 Å². The highest BCUT2D eigenvalue weighted by Gasteiger charge is 2.27. The highest BCUT2D eigenvalue weighted by atomic mass is 32.1. The minimum Gasteiger partial charge on any atom is -0.459 e. The van der Waals surface area contributed by atoms with Crippen LogP contribution in [-0.4, -0.2) is 33.4 Å². The Bertz CT molecular complexity index is 990. The average Bonchev–Trinajstić information content (AvgIpc) is 3.26. The first kappa shape index (κ1) is 14.9. The number of thiophene rings is 1. The molecule has 7 nitrogen and oxygen atoms in total. The van der Waals surface area contributed by atoms with Crippen molar-refractivity contribution >= 4 is 27.5 Å². The van der Waals surface area contributed by atoms with E-state index in [0.29, 0.717) is 41.9 Å². The molecule has 0 bridgehead atoms. The van der Waals surface area contributed by atoms with Crippen molar-refractivity contribution in [3.05, 3.63) is 56.4 Å². The summed E-state index contributed by atoms with van der Waals surface area (Å²) in [6.07, 6.45) is 2.59. The number of likely N-dealkylation sites (tertiary alicyclic amines) is 1. The van der Waals surface area contributed by atoms with E-state index in [0.717, 1.165) is 0 Å². The van der Waals surface area contributed by atoms with Crippen LogP contribution >= 0.6 is 11.3 Å². The Hall–Kier alpha value is -2.61. The van der Waals surface area contributed by atoms with E-state index in [1.807, 2.05) is 0 Å². The van der Waals surface area contributed by atoms with Gasteiger partial charge in [-0.15, -0.1) is 11.3 Å². The summed E-state index contributed by atoms with van der Waals surface area (Å²) in [5, 5.41) is 1.79. The Labute approximate surface area is 140 Å². The molecule has 1 amide bonds. The van der Waals surface area contributed by atoms with Crippen molar-refractivity contribution in [2.75, 3.05) is 13.1 Å². The number of piperidine rings is 1. The van der Waals surface area contributed by atoms with Gasteiger partial charge in [-0.2, -0.15) is 0 Å². The van der Waals surface area contributed by atoms with Gasteiger partial charge in [0.05, 0.1) is 11.8 Å². The van der Waals surface area contributed by atoms with Crippen molar-refractivity contribution in [3.63, 3.8) is 0 Å². The van der Waals surface area contributed by atoms with Crippen LogP contribution in [-0.2, 0) is 0 Å². The summed E-state index contributed by atoms with van der Waals surface area (Å²) in [6.45, 7) is 0.969. The number of rotatable bonds is 2. The number of carbonyl (C=O) groups is 1. The number of nitrogens with zero attached hydrogens (tertiary/aromatic N) is 2. The first-order chi connectivity index (χ1) is 11.6. The molecular weight excluding hydrogens is 330 g/mol. The number of nitrogens with one attached hydrogen (secondary N) is 1. The van der Waals surface area contributed by atoms with E-state index >= 15 is 0 Å². The number of aromatic amines is 1. The minimum atomic E-state index is -0.387. The lowest BCUT2D eigenvalue weighted by molar-refractivity contribution is 0.0660. The molecule has 3 aromatic heterocycles. The van der Waals surface area contributed by atoms with E-state index in [4.69, 9.17) is 4.42 Å². The summed E-state index contributed by atoms with van der Waals surface area (Å²) >= 11 is 1.32. The fourth-order valence-electron chi connectivity index (χ4n) is 3.17. The van der Waals surface area contributed by atoms with E-state index in [1.54, 1.807) is 28.5 Å². The SMILES string of the molecule is O=C(c1ccco1)N1CCC(n2c(=O)[nH]c3ccsc3c2=O)CC1. The zero-order valence-electron chi connectivity index (χ0n) is 12.7. The highest BCUT2D eigenvalue weighted by Crippen LogP contribution is 2.22. The molecule has 1 aliphatic rings. The molecule has 8 heteroatoms. The van der Waals surface area contributed by atoms with Crippen LogP contribution in [0.2, 0.25) is 0 Å². The lowest BCUT2D eigenvalue weighted by Crippen LogP contribution is -2.44. The monoisotopic (exact) mass is 345 g/mol. The van der Waals surface area contributed by atoms with E-state index in [9.17, 15) is 14.4 Å². The number of furan rings is 1. The van der Waals surface area contributed by atoms with Crippen LogP contribution in [0.1, 0.15) is 29.4 Å². The summed E-state index contributed by atoms with van der Waals surface area (Å²) in [4.78, 5) is 41.6. The molecule has 0 saturated carbocycles. The molecule has 0 spiro atoms. The maximum Gasteiger partial charge on any atom is 0.329 e. The molecule has 0 atom stereocenters. The second kappa shape index (κ2) is 5.79. The summed E-state index contributed by atoms with van der Waals surface area (Å²) in [5.74, 6) is 0.150. The van der Waals surface area contributed by atoms with Crippen LogP contribution in [0.25, 0.3) is 10.2 Å².